The van der Waals surface area contributed by atoms with Crippen LogP contribution in [-0.4, -0.2) is 44.4 Å². The van der Waals surface area contributed by atoms with Crippen molar-refractivity contribution in [3.05, 3.63) is 0 Å². The fourth-order valence-electron chi connectivity index (χ4n) is 3.13. The molecule has 5 heteroatoms. The maximum Gasteiger partial charge on any atom is 0.246 e. The van der Waals surface area contributed by atoms with Gasteiger partial charge in [0.15, 0.2) is 0 Å². The molecule has 0 spiro atoms. The molecule has 124 valence electrons. The van der Waals surface area contributed by atoms with Crippen molar-refractivity contribution in [2.45, 2.75) is 64.0 Å². The number of amides is 1. The smallest absolute Gasteiger partial charge is 0.246 e. The lowest BCUT2D eigenvalue weighted by Crippen LogP contribution is -2.47. The molecule has 0 aromatic carbocycles. The van der Waals surface area contributed by atoms with Crippen molar-refractivity contribution in [1.29, 1.82) is 0 Å². The standard InChI is InChI=1S/C16H32N2O3/c1-4-5-14-6-8-16(12-17,9-7-14)21-11-15(19)18-13(2)10-20-3/h13-14H,4-12,17H2,1-3H3,(H,18,19). The van der Waals surface area contributed by atoms with E-state index in [0.29, 0.717) is 13.2 Å². The summed E-state index contributed by atoms with van der Waals surface area (Å²) in [4.78, 5) is 11.9. The van der Waals surface area contributed by atoms with Crippen LogP contribution in [0.2, 0.25) is 0 Å². The summed E-state index contributed by atoms with van der Waals surface area (Å²) in [6.45, 7) is 5.23. The highest BCUT2D eigenvalue weighted by molar-refractivity contribution is 5.77. The number of ether oxygens (including phenoxy) is 2. The fourth-order valence-corrected chi connectivity index (χ4v) is 3.13. The zero-order valence-electron chi connectivity index (χ0n) is 13.8. The van der Waals surface area contributed by atoms with Crippen LogP contribution in [0.5, 0.6) is 0 Å². The normalized spacial score (nSPS) is 27.3. The van der Waals surface area contributed by atoms with E-state index in [1.807, 2.05) is 6.92 Å². The molecule has 3 N–H and O–H groups in total. The first kappa shape index (κ1) is 18.4. The van der Waals surface area contributed by atoms with Crippen LogP contribution in [0.15, 0.2) is 0 Å². The second-order valence-corrected chi connectivity index (χ2v) is 6.33. The van der Waals surface area contributed by atoms with Gasteiger partial charge in [-0.3, -0.25) is 4.79 Å². The molecule has 5 nitrogen and oxygen atoms in total. The van der Waals surface area contributed by atoms with Crippen molar-refractivity contribution in [3.63, 3.8) is 0 Å². The van der Waals surface area contributed by atoms with Crippen LogP contribution in [0.1, 0.15) is 52.4 Å². The Bertz CT molecular complexity index is 302. The average molecular weight is 300 g/mol. The molecule has 1 fully saturated rings. The highest BCUT2D eigenvalue weighted by Gasteiger charge is 2.35. The second-order valence-electron chi connectivity index (χ2n) is 6.33. The number of hydrogen-bond acceptors (Lipinski definition) is 4. The van der Waals surface area contributed by atoms with Crippen molar-refractivity contribution < 1.29 is 14.3 Å². The van der Waals surface area contributed by atoms with E-state index >= 15 is 0 Å². The van der Waals surface area contributed by atoms with Crippen molar-refractivity contribution in [2.24, 2.45) is 11.7 Å². The molecule has 21 heavy (non-hydrogen) atoms. The van der Waals surface area contributed by atoms with Crippen LogP contribution in [-0.2, 0) is 14.3 Å². The first-order valence-corrected chi connectivity index (χ1v) is 8.17. The molecule has 1 atom stereocenters. The van der Waals surface area contributed by atoms with Gasteiger partial charge in [0, 0.05) is 19.7 Å². The van der Waals surface area contributed by atoms with Gasteiger partial charge in [-0.1, -0.05) is 19.8 Å². The second kappa shape index (κ2) is 9.38. The lowest BCUT2D eigenvalue weighted by atomic mass is 9.77. The molecule has 1 rings (SSSR count). The Labute approximate surface area is 128 Å². The SMILES string of the molecule is CCCC1CCC(CN)(OCC(=O)NC(C)COC)CC1. The Morgan fingerprint density at radius 1 is 1.43 bits per heavy atom. The zero-order chi connectivity index (χ0) is 15.7. The molecule has 0 aromatic heterocycles. The largest absolute Gasteiger partial charge is 0.383 e. The van der Waals surface area contributed by atoms with E-state index < -0.39 is 0 Å². The lowest BCUT2D eigenvalue weighted by molar-refractivity contribution is -0.137. The number of methoxy groups -OCH3 is 1. The summed E-state index contributed by atoms with van der Waals surface area (Å²) in [5, 5.41) is 2.86. The summed E-state index contributed by atoms with van der Waals surface area (Å²) in [7, 11) is 1.62. The van der Waals surface area contributed by atoms with Gasteiger partial charge >= 0.3 is 0 Å². The van der Waals surface area contributed by atoms with Crippen molar-refractivity contribution >= 4 is 5.91 Å². The predicted molar refractivity (Wildman–Crippen MR) is 84.1 cm³/mol. The Kier molecular flexibility index (Phi) is 8.22. The molecule has 1 saturated carbocycles. The maximum absolute atomic E-state index is 11.9. The molecule has 1 aliphatic rings. The predicted octanol–water partition coefficient (Wildman–Crippen LogP) is 1.84. The first-order valence-electron chi connectivity index (χ1n) is 8.17. The average Bonchev–Trinajstić information content (AvgIpc) is 2.47. The van der Waals surface area contributed by atoms with Crippen LogP contribution in [0.3, 0.4) is 0 Å². The zero-order valence-corrected chi connectivity index (χ0v) is 13.8. The Balaban J connectivity index is 2.35. The van der Waals surface area contributed by atoms with Gasteiger partial charge in [-0.2, -0.15) is 0 Å². The van der Waals surface area contributed by atoms with Crippen LogP contribution in [0.25, 0.3) is 0 Å². The minimum absolute atomic E-state index is 0.000201. The number of nitrogens with two attached hydrogens (primary N) is 1. The Morgan fingerprint density at radius 2 is 2.10 bits per heavy atom. The summed E-state index contributed by atoms with van der Waals surface area (Å²) < 4.78 is 10.9. The number of hydrogen-bond donors (Lipinski definition) is 2. The number of nitrogens with one attached hydrogen (secondary N) is 1. The molecule has 1 amide bonds. The van der Waals surface area contributed by atoms with E-state index in [4.69, 9.17) is 15.2 Å². The fraction of sp³-hybridized carbons (Fsp3) is 0.938. The molecule has 0 radical (unpaired) electrons. The molecule has 0 saturated heterocycles. The Hall–Kier alpha value is -0.650. The number of carbonyl (C=O) groups is 1. The molecule has 1 unspecified atom stereocenters. The minimum atomic E-state index is -0.300. The first-order chi connectivity index (χ1) is 10.0. The van der Waals surface area contributed by atoms with E-state index in [0.717, 1.165) is 31.6 Å². The molecule has 1 aliphatic carbocycles. The molecule has 0 aromatic rings. The lowest BCUT2D eigenvalue weighted by Gasteiger charge is -2.39. The van der Waals surface area contributed by atoms with Crippen LogP contribution < -0.4 is 11.1 Å². The van der Waals surface area contributed by atoms with E-state index in [1.54, 1.807) is 7.11 Å². The highest BCUT2D eigenvalue weighted by Crippen LogP contribution is 2.36. The van der Waals surface area contributed by atoms with Gasteiger partial charge in [-0.15, -0.1) is 0 Å². The summed E-state index contributed by atoms with van der Waals surface area (Å²) in [6.07, 6.45) is 6.78. The van der Waals surface area contributed by atoms with Gasteiger partial charge < -0.3 is 20.5 Å². The van der Waals surface area contributed by atoms with Crippen molar-refractivity contribution in [2.75, 3.05) is 26.9 Å². The number of rotatable bonds is 9. The number of carbonyl (C=O) groups excluding carboxylic acids is 1. The topological polar surface area (TPSA) is 73.6 Å². The summed E-state index contributed by atoms with van der Waals surface area (Å²) in [5.41, 5.74) is 5.62. The highest BCUT2D eigenvalue weighted by atomic mass is 16.5. The van der Waals surface area contributed by atoms with Crippen LogP contribution in [0.4, 0.5) is 0 Å². The third kappa shape index (κ3) is 6.32. The molecule has 0 bridgehead atoms. The maximum atomic E-state index is 11.9. The van der Waals surface area contributed by atoms with E-state index in [1.165, 1.54) is 12.8 Å². The van der Waals surface area contributed by atoms with Crippen LogP contribution in [0, 0.1) is 5.92 Å². The minimum Gasteiger partial charge on any atom is -0.383 e. The van der Waals surface area contributed by atoms with E-state index in [2.05, 4.69) is 12.2 Å². The molecular formula is C16H32N2O3. The van der Waals surface area contributed by atoms with Crippen molar-refractivity contribution in [3.8, 4) is 0 Å². The van der Waals surface area contributed by atoms with Gasteiger partial charge in [-0.25, -0.2) is 0 Å². The Morgan fingerprint density at radius 3 is 2.62 bits per heavy atom. The molecular weight excluding hydrogens is 268 g/mol. The monoisotopic (exact) mass is 300 g/mol. The van der Waals surface area contributed by atoms with E-state index in [-0.39, 0.29) is 24.2 Å². The quantitative estimate of drug-likeness (QED) is 0.681. The third-order valence-electron chi connectivity index (χ3n) is 4.42. The van der Waals surface area contributed by atoms with Crippen LogP contribution >= 0.6 is 0 Å². The van der Waals surface area contributed by atoms with Crippen molar-refractivity contribution in [1.82, 2.24) is 5.32 Å². The molecule has 0 aliphatic heterocycles. The summed E-state index contributed by atoms with van der Waals surface area (Å²) in [5.74, 6) is 0.705. The van der Waals surface area contributed by atoms with Gasteiger partial charge in [-0.05, 0) is 38.5 Å². The molecule has 0 heterocycles. The summed E-state index contributed by atoms with van der Waals surface area (Å²) >= 11 is 0. The third-order valence-corrected chi connectivity index (χ3v) is 4.42. The van der Waals surface area contributed by atoms with Gasteiger partial charge in [0.25, 0.3) is 0 Å². The summed E-state index contributed by atoms with van der Waals surface area (Å²) in [6, 6.07) is 0.000201. The van der Waals surface area contributed by atoms with Gasteiger partial charge in [0.2, 0.25) is 5.91 Å². The van der Waals surface area contributed by atoms with Gasteiger partial charge in [0.1, 0.15) is 6.61 Å². The van der Waals surface area contributed by atoms with E-state index in [9.17, 15) is 4.79 Å². The van der Waals surface area contributed by atoms with Gasteiger partial charge in [0.05, 0.1) is 12.2 Å².